The highest BCUT2D eigenvalue weighted by atomic mass is 16.2. The number of nitrogens with zero attached hydrogens (tertiary/aromatic N) is 3. The summed E-state index contributed by atoms with van der Waals surface area (Å²) >= 11 is 0. The Morgan fingerprint density at radius 3 is 2.40 bits per heavy atom. The Bertz CT molecular complexity index is 1000. The van der Waals surface area contributed by atoms with Crippen molar-refractivity contribution in [2.24, 2.45) is 11.8 Å². The molecular weight excluding hydrogens is 370 g/mol. The molecule has 4 nitrogen and oxygen atoms in total. The van der Waals surface area contributed by atoms with Gasteiger partial charge in [0.25, 0.3) is 5.91 Å². The Balaban J connectivity index is 1.40. The third-order valence-corrected chi connectivity index (χ3v) is 6.60. The van der Waals surface area contributed by atoms with Gasteiger partial charge in [-0.1, -0.05) is 48.0 Å². The number of hydrogen-bond acceptors (Lipinski definition) is 3. The number of hydrogen-bond donors (Lipinski definition) is 0. The van der Waals surface area contributed by atoms with E-state index < -0.39 is 0 Å². The average molecular weight is 398 g/mol. The molecule has 0 saturated carbocycles. The number of likely N-dealkylation sites (tertiary alicyclic amines) is 2. The fraction of sp³-hybridized carbons (Fsp3) is 0.308. The van der Waals surface area contributed by atoms with Gasteiger partial charge in [-0.3, -0.25) is 14.7 Å². The van der Waals surface area contributed by atoms with E-state index in [-0.39, 0.29) is 11.9 Å². The van der Waals surface area contributed by atoms with Gasteiger partial charge in [0, 0.05) is 50.1 Å². The normalized spacial score (nSPS) is 23.5. The van der Waals surface area contributed by atoms with Crippen LogP contribution in [0.5, 0.6) is 0 Å². The fourth-order valence-electron chi connectivity index (χ4n) is 5.16. The molecule has 0 spiro atoms. The molecule has 3 heterocycles. The molecule has 2 aliphatic heterocycles. The van der Waals surface area contributed by atoms with E-state index in [1.54, 1.807) is 0 Å². The number of aromatic nitrogens is 1. The van der Waals surface area contributed by atoms with Gasteiger partial charge in [0.05, 0.1) is 6.04 Å². The van der Waals surface area contributed by atoms with Crippen molar-refractivity contribution >= 4 is 5.91 Å². The number of benzene rings is 2. The van der Waals surface area contributed by atoms with Crippen LogP contribution in [0, 0.1) is 18.8 Å². The van der Waals surface area contributed by atoms with Crippen molar-refractivity contribution in [3.63, 3.8) is 0 Å². The second-order valence-electron chi connectivity index (χ2n) is 8.65. The maximum Gasteiger partial charge on any atom is 0.254 e. The second kappa shape index (κ2) is 8.04. The van der Waals surface area contributed by atoms with Crippen molar-refractivity contribution < 1.29 is 4.79 Å². The van der Waals surface area contributed by atoms with E-state index in [9.17, 15) is 4.79 Å². The minimum absolute atomic E-state index is 0.132. The van der Waals surface area contributed by atoms with Crippen LogP contribution < -0.4 is 0 Å². The van der Waals surface area contributed by atoms with E-state index in [0.29, 0.717) is 11.8 Å². The highest BCUT2D eigenvalue weighted by molar-refractivity contribution is 5.94. The van der Waals surface area contributed by atoms with Crippen LogP contribution in [0.1, 0.15) is 33.1 Å². The summed E-state index contributed by atoms with van der Waals surface area (Å²) in [7, 11) is 0. The second-order valence-corrected chi connectivity index (χ2v) is 8.65. The van der Waals surface area contributed by atoms with Gasteiger partial charge < -0.3 is 4.90 Å². The molecule has 4 heteroatoms. The third-order valence-electron chi connectivity index (χ3n) is 6.60. The Hall–Kier alpha value is -2.98. The van der Waals surface area contributed by atoms with E-state index >= 15 is 0 Å². The van der Waals surface area contributed by atoms with E-state index in [1.807, 2.05) is 42.7 Å². The van der Waals surface area contributed by atoms with Crippen molar-refractivity contribution in [1.29, 1.82) is 0 Å². The third kappa shape index (κ3) is 3.63. The molecule has 2 aliphatic rings. The lowest BCUT2D eigenvalue weighted by Gasteiger charge is -2.30. The molecule has 0 N–H and O–H groups in total. The largest absolute Gasteiger partial charge is 0.331 e. The molecular formula is C26H27N3O. The monoisotopic (exact) mass is 397 g/mol. The first-order chi connectivity index (χ1) is 14.7. The predicted octanol–water partition coefficient (Wildman–Crippen LogP) is 4.34. The summed E-state index contributed by atoms with van der Waals surface area (Å²) < 4.78 is 0. The number of amides is 1. The molecule has 1 aromatic heterocycles. The van der Waals surface area contributed by atoms with E-state index in [2.05, 4.69) is 58.1 Å². The van der Waals surface area contributed by atoms with Gasteiger partial charge in [0.2, 0.25) is 0 Å². The molecule has 2 aromatic carbocycles. The van der Waals surface area contributed by atoms with Gasteiger partial charge in [-0.05, 0) is 48.2 Å². The lowest BCUT2D eigenvalue weighted by atomic mass is 9.89. The zero-order valence-electron chi connectivity index (χ0n) is 17.3. The molecule has 0 bridgehead atoms. The first kappa shape index (κ1) is 19.0. The van der Waals surface area contributed by atoms with Crippen LogP contribution in [0.15, 0.2) is 79.1 Å². The van der Waals surface area contributed by atoms with Gasteiger partial charge in [-0.2, -0.15) is 0 Å². The number of fused-ring (bicyclic) bond motifs is 1. The first-order valence-electron chi connectivity index (χ1n) is 10.7. The zero-order valence-corrected chi connectivity index (χ0v) is 17.3. The Labute approximate surface area is 178 Å². The van der Waals surface area contributed by atoms with Crippen LogP contribution >= 0.6 is 0 Å². The van der Waals surface area contributed by atoms with Crippen LogP contribution in [0.3, 0.4) is 0 Å². The summed E-state index contributed by atoms with van der Waals surface area (Å²) in [5.41, 5.74) is 4.51. The molecule has 0 aliphatic carbocycles. The van der Waals surface area contributed by atoms with Gasteiger partial charge in [0.1, 0.15) is 0 Å². The van der Waals surface area contributed by atoms with E-state index in [1.165, 1.54) is 16.7 Å². The predicted molar refractivity (Wildman–Crippen MR) is 118 cm³/mol. The van der Waals surface area contributed by atoms with Crippen molar-refractivity contribution in [2.75, 3.05) is 19.6 Å². The smallest absolute Gasteiger partial charge is 0.254 e. The minimum atomic E-state index is 0.132. The fourth-order valence-corrected chi connectivity index (χ4v) is 5.16. The molecule has 3 aromatic rings. The zero-order chi connectivity index (χ0) is 20.5. The highest BCUT2D eigenvalue weighted by Gasteiger charge is 2.49. The molecule has 5 rings (SSSR count). The molecule has 30 heavy (non-hydrogen) atoms. The molecule has 0 unspecified atom stereocenters. The van der Waals surface area contributed by atoms with Crippen LogP contribution in [0.2, 0.25) is 0 Å². The summed E-state index contributed by atoms with van der Waals surface area (Å²) in [6, 6.07) is 22.9. The van der Waals surface area contributed by atoms with Crippen LogP contribution in [-0.2, 0) is 6.54 Å². The SMILES string of the molecule is Cc1ccc(C(=O)N2C[C@@H]3CN(Cc4ccncc4)C[C@@H]3[C@H]2c2ccccc2)cc1. The van der Waals surface area contributed by atoms with E-state index in [0.717, 1.165) is 31.7 Å². The van der Waals surface area contributed by atoms with Gasteiger partial charge in [0.15, 0.2) is 0 Å². The number of carbonyl (C=O) groups is 1. The van der Waals surface area contributed by atoms with Gasteiger partial charge >= 0.3 is 0 Å². The Morgan fingerprint density at radius 1 is 0.933 bits per heavy atom. The van der Waals surface area contributed by atoms with Gasteiger partial charge in [-0.15, -0.1) is 0 Å². The van der Waals surface area contributed by atoms with Gasteiger partial charge in [-0.25, -0.2) is 0 Å². The summed E-state index contributed by atoms with van der Waals surface area (Å²) in [6.45, 7) is 5.88. The van der Waals surface area contributed by atoms with Crippen molar-refractivity contribution in [2.45, 2.75) is 19.5 Å². The highest BCUT2D eigenvalue weighted by Crippen LogP contribution is 2.45. The first-order valence-corrected chi connectivity index (χ1v) is 10.7. The lowest BCUT2D eigenvalue weighted by Crippen LogP contribution is -2.35. The standard InChI is InChI=1S/C26H27N3O/c1-19-7-9-22(10-8-19)26(30)29-17-23-16-28(15-20-11-13-27-14-12-20)18-24(23)25(29)21-5-3-2-4-6-21/h2-14,23-25H,15-18H2,1H3/t23-,24-,25+/m0/s1. The summed E-state index contributed by atoms with van der Waals surface area (Å²) in [4.78, 5) is 22.2. The van der Waals surface area contributed by atoms with Crippen molar-refractivity contribution in [3.8, 4) is 0 Å². The van der Waals surface area contributed by atoms with Crippen molar-refractivity contribution in [1.82, 2.24) is 14.8 Å². The number of carbonyl (C=O) groups excluding carboxylic acids is 1. The Kier molecular flexibility index (Phi) is 5.09. The minimum Gasteiger partial charge on any atom is -0.331 e. The topological polar surface area (TPSA) is 36.4 Å². The van der Waals surface area contributed by atoms with E-state index in [4.69, 9.17) is 0 Å². The number of pyridine rings is 1. The molecule has 3 atom stereocenters. The quantitative estimate of drug-likeness (QED) is 0.657. The molecule has 2 saturated heterocycles. The Morgan fingerprint density at radius 2 is 1.67 bits per heavy atom. The summed E-state index contributed by atoms with van der Waals surface area (Å²) in [5.74, 6) is 1.12. The maximum atomic E-state index is 13.5. The summed E-state index contributed by atoms with van der Waals surface area (Å²) in [5, 5.41) is 0. The molecule has 1 amide bonds. The summed E-state index contributed by atoms with van der Waals surface area (Å²) in [6.07, 6.45) is 3.72. The lowest BCUT2D eigenvalue weighted by molar-refractivity contribution is 0.0699. The van der Waals surface area contributed by atoms with Crippen LogP contribution in [0.4, 0.5) is 0 Å². The van der Waals surface area contributed by atoms with Crippen LogP contribution in [0.25, 0.3) is 0 Å². The molecule has 152 valence electrons. The molecule has 0 radical (unpaired) electrons. The molecule has 2 fully saturated rings. The average Bonchev–Trinajstić information content (AvgIpc) is 3.32. The number of rotatable bonds is 4. The van der Waals surface area contributed by atoms with Crippen molar-refractivity contribution in [3.05, 3.63) is 101 Å². The number of aryl methyl sites for hydroxylation is 1. The van der Waals surface area contributed by atoms with Crippen LogP contribution in [-0.4, -0.2) is 40.3 Å². The maximum absolute atomic E-state index is 13.5.